The number of amides is 1. The number of benzene rings is 1. The molecule has 1 amide bonds. The molecule has 1 fully saturated rings. The van der Waals surface area contributed by atoms with Crippen molar-refractivity contribution >= 4 is 29.4 Å². The molecule has 8 nitrogen and oxygen atoms in total. The number of anilines is 2. The zero-order valence-electron chi connectivity index (χ0n) is 22.6. The smallest absolute Gasteiger partial charge is 0.412 e. The lowest BCUT2D eigenvalue weighted by Crippen LogP contribution is -2.41. The second-order valence-electron chi connectivity index (χ2n) is 11.2. The highest BCUT2D eigenvalue weighted by Gasteiger charge is 2.44. The number of nitrogens with zero attached hydrogens (tertiary/aromatic N) is 3. The molecule has 2 aromatic rings. The van der Waals surface area contributed by atoms with Crippen LogP contribution in [0, 0.1) is 0 Å². The first kappa shape index (κ1) is 26.3. The molecular weight excluding hydrogens is 488 g/mol. The van der Waals surface area contributed by atoms with Gasteiger partial charge in [-0.2, -0.15) is 0 Å². The first-order valence-electron chi connectivity index (χ1n) is 13.2. The van der Waals surface area contributed by atoms with E-state index in [1.165, 1.54) is 5.56 Å². The first-order valence-corrected chi connectivity index (χ1v) is 14.4. The minimum absolute atomic E-state index is 0.418. The van der Waals surface area contributed by atoms with E-state index in [1.54, 1.807) is 11.8 Å². The molecule has 1 N–H and O–H groups in total. The van der Waals surface area contributed by atoms with Crippen LogP contribution in [0.15, 0.2) is 23.4 Å². The van der Waals surface area contributed by atoms with E-state index in [2.05, 4.69) is 29.3 Å². The highest BCUT2D eigenvalue weighted by Crippen LogP contribution is 2.49. The van der Waals surface area contributed by atoms with Crippen molar-refractivity contribution in [3.63, 3.8) is 0 Å². The molecule has 0 bridgehead atoms. The summed E-state index contributed by atoms with van der Waals surface area (Å²) in [5.41, 5.74) is 4.24. The van der Waals surface area contributed by atoms with Crippen LogP contribution in [0.1, 0.15) is 75.3 Å². The molecule has 2 atom stereocenters. The van der Waals surface area contributed by atoms with Gasteiger partial charge in [0.2, 0.25) is 0 Å². The maximum Gasteiger partial charge on any atom is 0.412 e. The number of fused-ring (bicyclic) bond motifs is 3. The van der Waals surface area contributed by atoms with Crippen molar-refractivity contribution in [2.75, 3.05) is 42.8 Å². The summed E-state index contributed by atoms with van der Waals surface area (Å²) in [5, 5.41) is 3.71. The summed E-state index contributed by atoms with van der Waals surface area (Å²) in [4.78, 5) is 24.7. The Kier molecular flexibility index (Phi) is 7.40. The molecule has 3 heterocycles. The van der Waals surface area contributed by atoms with Crippen LogP contribution >= 0.6 is 11.8 Å². The molecule has 200 valence electrons. The van der Waals surface area contributed by atoms with E-state index in [1.807, 2.05) is 33.1 Å². The predicted octanol–water partition coefficient (Wildman–Crippen LogP) is 5.64. The van der Waals surface area contributed by atoms with Gasteiger partial charge in [0.25, 0.3) is 0 Å². The zero-order chi connectivity index (χ0) is 26.2. The summed E-state index contributed by atoms with van der Waals surface area (Å²) in [6, 6.07) is 6.16. The molecular formula is C28H38N4O4S. The average Bonchev–Trinajstić information content (AvgIpc) is 3.14. The summed E-state index contributed by atoms with van der Waals surface area (Å²) < 4.78 is 18.0. The summed E-state index contributed by atoms with van der Waals surface area (Å²) in [6.07, 6.45) is 5.18. The lowest BCUT2D eigenvalue weighted by atomic mass is 9.71. The molecule has 0 radical (unpaired) electrons. The van der Waals surface area contributed by atoms with Crippen molar-refractivity contribution in [2.45, 2.75) is 82.3 Å². The van der Waals surface area contributed by atoms with Crippen LogP contribution in [0.2, 0.25) is 0 Å². The summed E-state index contributed by atoms with van der Waals surface area (Å²) in [5.74, 6) is 1.40. The van der Waals surface area contributed by atoms with Gasteiger partial charge >= 0.3 is 6.09 Å². The average molecular weight is 527 g/mol. The van der Waals surface area contributed by atoms with Crippen LogP contribution in [0.5, 0.6) is 0 Å². The van der Waals surface area contributed by atoms with Gasteiger partial charge in [0.1, 0.15) is 11.4 Å². The summed E-state index contributed by atoms with van der Waals surface area (Å²) in [7, 11) is 0. The van der Waals surface area contributed by atoms with Gasteiger partial charge in [-0.1, -0.05) is 24.8 Å². The fraction of sp³-hybridized carbons (Fsp3) is 0.607. The molecule has 2 aliphatic heterocycles. The highest BCUT2D eigenvalue weighted by molar-refractivity contribution is 7.98. The van der Waals surface area contributed by atoms with Gasteiger partial charge in [0.05, 0.1) is 24.5 Å². The van der Waals surface area contributed by atoms with Crippen LogP contribution in [-0.2, 0) is 32.8 Å². The second kappa shape index (κ2) is 10.4. The van der Waals surface area contributed by atoms with Crippen LogP contribution in [0.25, 0.3) is 0 Å². The third-order valence-electron chi connectivity index (χ3n) is 7.40. The van der Waals surface area contributed by atoms with Gasteiger partial charge in [0, 0.05) is 37.4 Å². The molecule has 1 aliphatic carbocycles. The Morgan fingerprint density at radius 1 is 1.24 bits per heavy atom. The largest absolute Gasteiger partial charge is 0.444 e. The fourth-order valence-corrected chi connectivity index (χ4v) is 5.96. The quantitative estimate of drug-likeness (QED) is 0.406. The van der Waals surface area contributed by atoms with E-state index in [9.17, 15) is 4.79 Å². The van der Waals surface area contributed by atoms with Gasteiger partial charge < -0.3 is 19.1 Å². The van der Waals surface area contributed by atoms with E-state index in [-0.39, 0.29) is 0 Å². The summed E-state index contributed by atoms with van der Waals surface area (Å²) >= 11 is 1.58. The standard InChI is InChI=1S/C28H38N4O4S/c1-18-9-10-28(22-15-19(7-8-20(18)22)29-26(33)36-27(2,3)4)16-23-21(17-35-28)24(31-25(30-23)37-5)32-11-6-13-34-14-12-32/h7-8,15,18H,6,9-14,16-17H2,1-5H3,(H,29,33)/t18-,28?/m0/s1. The number of hydrogen-bond donors (Lipinski definition) is 1. The molecule has 1 aromatic heterocycles. The van der Waals surface area contributed by atoms with E-state index < -0.39 is 17.3 Å². The molecule has 5 rings (SSSR count). The minimum atomic E-state index is -0.559. The number of thioether (sulfide) groups is 1. The number of aromatic nitrogens is 2. The van der Waals surface area contributed by atoms with Crippen molar-refractivity contribution < 1.29 is 19.0 Å². The molecule has 37 heavy (non-hydrogen) atoms. The third kappa shape index (κ3) is 5.59. The van der Waals surface area contributed by atoms with E-state index in [0.717, 1.165) is 66.8 Å². The fourth-order valence-electron chi connectivity index (χ4n) is 5.58. The molecule has 1 unspecified atom stereocenters. The number of carbonyl (C=O) groups is 1. The normalized spacial score (nSPS) is 23.7. The topological polar surface area (TPSA) is 85.8 Å². The molecule has 0 saturated carbocycles. The third-order valence-corrected chi connectivity index (χ3v) is 7.95. The molecule has 1 aromatic carbocycles. The van der Waals surface area contributed by atoms with Gasteiger partial charge in [-0.15, -0.1) is 0 Å². The minimum Gasteiger partial charge on any atom is -0.444 e. The first-order chi connectivity index (χ1) is 17.7. The Morgan fingerprint density at radius 3 is 2.86 bits per heavy atom. The van der Waals surface area contributed by atoms with Crippen LogP contribution in [0.4, 0.5) is 16.3 Å². The van der Waals surface area contributed by atoms with E-state index >= 15 is 0 Å². The van der Waals surface area contributed by atoms with E-state index in [0.29, 0.717) is 31.2 Å². The maximum absolute atomic E-state index is 12.5. The SMILES string of the molecule is CSc1nc2c(c(N3CCCOCC3)n1)COC1(CC[C@H](C)c3ccc(NC(=O)OC(C)(C)C)cc31)C2. The Morgan fingerprint density at radius 2 is 2.08 bits per heavy atom. The van der Waals surface area contributed by atoms with Crippen molar-refractivity contribution in [1.82, 2.24) is 9.97 Å². The van der Waals surface area contributed by atoms with Gasteiger partial charge in [-0.3, -0.25) is 5.32 Å². The summed E-state index contributed by atoms with van der Waals surface area (Å²) in [6.45, 7) is 11.5. The molecule has 1 spiro atoms. The number of nitrogens with one attached hydrogen (secondary N) is 1. The van der Waals surface area contributed by atoms with Gasteiger partial charge in [0.15, 0.2) is 5.16 Å². The number of hydrogen-bond acceptors (Lipinski definition) is 8. The number of rotatable bonds is 3. The van der Waals surface area contributed by atoms with Crippen molar-refractivity contribution in [1.29, 1.82) is 0 Å². The number of ether oxygens (including phenoxy) is 3. The lowest BCUT2D eigenvalue weighted by molar-refractivity contribution is -0.0872. The Labute approximate surface area is 223 Å². The van der Waals surface area contributed by atoms with Crippen molar-refractivity contribution in [3.05, 3.63) is 40.6 Å². The maximum atomic E-state index is 12.5. The van der Waals surface area contributed by atoms with Crippen molar-refractivity contribution in [3.8, 4) is 0 Å². The molecule has 1 saturated heterocycles. The molecule has 9 heteroatoms. The second-order valence-corrected chi connectivity index (χ2v) is 12.0. The lowest BCUT2D eigenvalue weighted by Gasteiger charge is -2.44. The molecule has 3 aliphatic rings. The highest BCUT2D eigenvalue weighted by atomic mass is 32.2. The monoisotopic (exact) mass is 526 g/mol. The number of carbonyl (C=O) groups excluding carboxylic acids is 1. The Hall–Kier alpha value is -2.36. The van der Waals surface area contributed by atoms with Gasteiger partial charge in [-0.05, 0) is 75.5 Å². The van der Waals surface area contributed by atoms with Crippen LogP contribution in [0.3, 0.4) is 0 Å². The van der Waals surface area contributed by atoms with E-state index in [4.69, 9.17) is 24.2 Å². The predicted molar refractivity (Wildman–Crippen MR) is 146 cm³/mol. The Balaban J connectivity index is 1.49. The zero-order valence-corrected chi connectivity index (χ0v) is 23.4. The van der Waals surface area contributed by atoms with Crippen LogP contribution in [-0.4, -0.2) is 54.2 Å². The van der Waals surface area contributed by atoms with Crippen LogP contribution < -0.4 is 10.2 Å². The Bertz CT molecular complexity index is 1160. The van der Waals surface area contributed by atoms with Crippen molar-refractivity contribution in [2.24, 2.45) is 0 Å². The van der Waals surface area contributed by atoms with Gasteiger partial charge in [-0.25, -0.2) is 14.8 Å².